The molecule has 0 saturated carbocycles. The van der Waals surface area contributed by atoms with Crippen LogP contribution in [0.1, 0.15) is 33.6 Å². The number of hydrogen-bond acceptors (Lipinski definition) is 5. The SMILES string of the molecule is COC(=O)CCN(C)C(=O)C1CSCN1C(=O)CC(C)(C)C. The van der Waals surface area contributed by atoms with Gasteiger partial charge in [0.25, 0.3) is 0 Å². The fraction of sp³-hybridized carbons (Fsp3) is 0.800. The van der Waals surface area contributed by atoms with E-state index in [9.17, 15) is 14.4 Å². The molecule has 1 aliphatic rings. The molecule has 1 atom stereocenters. The van der Waals surface area contributed by atoms with E-state index < -0.39 is 6.04 Å². The predicted octanol–water partition coefficient (Wildman–Crippen LogP) is 1.35. The Kier molecular flexibility index (Phi) is 6.71. The number of carbonyl (C=O) groups is 3. The van der Waals surface area contributed by atoms with Crippen LogP contribution in [0.3, 0.4) is 0 Å². The number of carbonyl (C=O) groups excluding carboxylic acids is 3. The number of rotatable bonds is 5. The number of methoxy groups -OCH3 is 1. The summed E-state index contributed by atoms with van der Waals surface area (Å²) < 4.78 is 4.57. The van der Waals surface area contributed by atoms with Crippen LogP contribution in [0.4, 0.5) is 0 Å². The fourth-order valence-corrected chi connectivity index (χ4v) is 3.35. The average Bonchev–Trinajstić information content (AvgIpc) is 2.90. The Morgan fingerprint density at radius 3 is 2.50 bits per heavy atom. The maximum absolute atomic E-state index is 12.5. The Morgan fingerprint density at radius 1 is 1.32 bits per heavy atom. The van der Waals surface area contributed by atoms with Gasteiger partial charge < -0.3 is 14.5 Å². The zero-order valence-corrected chi connectivity index (χ0v) is 14.9. The molecule has 7 heteroatoms. The highest BCUT2D eigenvalue weighted by molar-refractivity contribution is 7.99. The van der Waals surface area contributed by atoms with Gasteiger partial charge in [-0.05, 0) is 5.41 Å². The number of ether oxygens (including phenoxy) is 1. The second-order valence-electron chi connectivity index (χ2n) is 6.70. The molecule has 1 rings (SSSR count). The monoisotopic (exact) mass is 330 g/mol. The van der Waals surface area contributed by atoms with E-state index in [-0.39, 0.29) is 29.6 Å². The lowest BCUT2D eigenvalue weighted by molar-refractivity contribution is -0.145. The van der Waals surface area contributed by atoms with Gasteiger partial charge in [-0.3, -0.25) is 14.4 Å². The minimum absolute atomic E-state index is 0.0113. The largest absolute Gasteiger partial charge is 0.469 e. The molecule has 1 aliphatic heterocycles. The van der Waals surface area contributed by atoms with Crippen molar-refractivity contribution in [2.24, 2.45) is 5.41 Å². The smallest absolute Gasteiger partial charge is 0.307 e. The van der Waals surface area contributed by atoms with Crippen LogP contribution in [0.25, 0.3) is 0 Å². The number of hydrogen-bond donors (Lipinski definition) is 0. The van der Waals surface area contributed by atoms with Gasteiger partial charge in [0.05, 0.1) is 19.4 Å². The van der Waals surface area contributed by atoms with E-state index >= 15 is 0 Å². The molecule has 2 amide bonds. The molecule has 0 aromatic heterocycles. The quantitative estimate of drug-likeness (QED) is 0.712. The minimum Gasteiger partial charge on any atom is -0.469 e. The molecule has 6 nitrogen and oxygen atoms in total. The highest BCUT2D eigenvalue weighted by Crippen LogP contribution is 2.27. The van der Waals surface area contributed by atoms with Crippen molar-refractivity contribution in [1.29, 1.82) is 0 Å². The summed E-state index contributed by atoms with van der Waals surface area (Å²) in [6.07, 6.45) is 0.581. The fourth-order valence-electron chi connectivity index (χ4n) is 2.17. The molecule has 126 valence electrons. The maximum atomic E-state index is 12.5. The first-order chi connectivity index (χ1) is 10.2. The summed E-state index contributed by atoms with van der Waals surface area (Å²) >= 11 is 1.59. The topological polar surface area (TPSA) is 66.9 Å². The van der Waals surface area contributed by atoms with Crippen molar-refractivity contribution < 1.29 is 19.1 Å². The maximum Gasteiger partial charge on any atom is 0.307 e. The van der Waals surface area contributed by atoms with Crippen molar-refractivity contribution in [3.63, 3.8) is 0 Å². The molecule has 1 unspecified atom stereocenters. The van der Waals surface area contributed by atoms with E-state index in [0.717, 1.165) is 0 Å². The van der Waals surface area contributed by atoms with Crippen LogP contribution in [0, 0.1) is 5.41 Å². The summed E-state index contributed by atoms with van der Waals surface area (Å²) in [6.45, 7) is 6.32. The summed E-state index contributed by atoms with van der Waals surface area (Å²) in [6, 6.07) is -0.428. The first kappa shape index (κ1) is 18.8. The first-order valence-electron chi connectivity index (χ1n) is 7.34. The van der Waals surface area contributed by atoms with E-state index in [1.807, 2.05) is 20.8 Å². The average molecular weight is 330 g/mol. The van der Waals surface area contributed by atoms with Gasteiger partial charge in [0.1, 0.15) is 6.04 Å². The van der Waals surface area contributed by atoms with E-state index in [1.165, 1.54) is 12.0 Å². The van der Waals surface area contributed by atoms with E-state index in [0.29, 0.717) is 24.6 Å². The first-order valence-corrected chi connectivity index (χ1v) is 8.50. The molecule has 0 aliphatic carbocycles. The van der Waals surface area contributed by atoms with Crippen molar-refractivity contribution in [3.05, 3.63) is 0 Å². The highest BCUT2D eigenvalue weighted by Gasteiger charge is 2.37. The van der Waals surface area contributed by atoms with E-state index in [4.69, 9.17) is 0 Å². The third-order valence-corrected chi connectivity index (χ3v) is 4.44. The van der Waals surface area contributed by atoms with Gasteiger partial charge >= 0.3 is 5.97 Å². The number of likely N-dealkylation sites (N-methyl/N-ethyl adjacent to an activating group) is 1. The minimum atomic E-state index is -0.428. The third-order valence-electron chi connectivity index (χ3n) is 3.42. The molecule has 1 heterocycles. The lowest BCUT2D eigenvalue weighted by Gasteiger charge is -2.29. The number of nitrogens with zero attached hydrogens (tertiary/aromatic N) is 2. The van der Waals surface area contributed by atoms with Gasteiger partial charge in [0.15, 0.2) is 0 Å². The summed E-state index contributed by atoms with van der Waals surface area (Å²) in [5, 5.41) is 0. The molecule has 0 aromatic carbocycles. The lowest BCUT2D eigenvalue weighted by atomic mass is 9.91. The number of amides is 2. The van der Waals surface area contributed by atoms with Crippen LogP contribution in [-0.2, 0) is 19.1 Å². The van der Waals surface area contributed by atoms with Crippen molar-refractivity contribution in [2.45, 2.75) is 39.7 Å². The Balaban J connectivity index is 2.63. The van der Waals surface area contributed by atoms with Gasteiger partial charge in [-0.15, -0.1) is 11.8 Å². The van der Waals surface area contributed by atoms with E-state index in [1.54, 1.807) is 23.7 Å². The number of thioether (sulfide) groups is 1. The van der Waals surface area contributed by atoms with Crippen molar-refractivity contribution in [2.75, 3.05) is 32.3 Å². The Hall–Kier alpha value is -1.24. The zero-order valence-electron chi connectivity index (χ0n) is 14.0. The van der Waals surface area contributed by atoms with Crippen LogP contribution in [0.15, 0.2) is 0 Å². The Morgan fingerprint density at radius 2 is 1.95 bits per heavy atom. The van der Waals surface area contributed by atoms with E-state index in [2.05, 4.69) is 4.74 Å². The van der Waals surface area contributed by atoms with Crippen molar-refractivity contribution >= 4 is 29.5 Å². The van der Waals surface area contributed by atoms with Gasteiger partial charge in [0.2, 0.25) is 11.8 Å². The standard InChI is InChI=1S/C15H26N2O4S/c1-15(2,3)8-12(18)17-10-22-9-11(17)14(20)16(4)7-6-13(19)21-5/h11H,6-10H2,1-5H3. The Bertz CT molecular complexity index is 434. The molecule has 0 spiro atoms. The van der Waals surface area contributed by atoms with Crippen molar-refractivity contribution in [1.82, 2.24) is 9.80 Å². The Labute approximate surface area is 136 Å². The highest BCUT2D eigenvalue weighted by atomic mass is 32.2. The molecule has 22 heavy (non-hydrogen) atoms. The molecule has 0 radical (unpaired) electrons. The second kappa shape index (κ2) is 7.85. The number of esters is 1. The van der Waals surface area contributed by atoms with Crippen LogP contribution < -0.4 is 0 Å². The molecular weight excluding hydrogens is 304 g/mol. The normalized spacial score (nSPS) is 18.2. The van der Waals surface area contributed by atoms with Crippen LogP contribution in [0.2, 0.25) is 0 Å². The van der Waals surface area contributed by atoms with Gasteiger partial charge in [0, 0.05) is 25.8 Å². The molecule has 0 aromatic rings. The third kappa shape index (κ3) is 5.51. The zero-order chi connectivity index (χ0) is 16.9. The summed E-state index contributed by atoms with van der Waals surface area (Å²) in [7, 11) is 2.98. The summed E-state index contributed by atoms with van der Waals surface area (Å²) in [5.74, 6) is 0.711. The second-order valence-corrected chi connectivity index (χ2v) is 7.70. The van der Waals surface area contributed by atoms with Gasteiger partial charge in [-0.2, -0.15) is 0 Å². The van der Waals surface area contributed by atoms with Crippen LogP contribution in [-0.4, -0.2) is 66.0 Å². The molecule has 1 saturated heterocycles. The summed E-state index contributed by atoms with van der Waals surface area (Å²) in [5.41, 5.74) is -0.102. The molecule has 0 bridgehead atoms. The van der Waals surface area contributed by atoms with Crippen molar-refractivity contribution in [3.8, 4) is 0 Å². The predicted molar refractivity (Wildman–Crippen MR) is 86.3 cm³/mol. The molecule has 0 N–H and O–H groups in total. The van der Waals surface area contributed by atoms with Gasteiger partial charge in [-0.1, -0.05) is 20.8 Å². The van der Waals surface area contributed by atoms with Gasteiger partial charge in [-0.25, -0.2) is 0 Å². The molecule has 1 fully saturated rings. The summed E-state index contributed by atoms with van der Waals surface area (Å²) in [4.78, 5) is 39.2. The molecular formula is C15H26N2O4S. The lowest BCUT2D eigenvalue weighted by Crippen LogP contribution is -2.48. The van der Waals surface area contributed by atoms with Crippen LogP contribution >= 0.6 is 11.8 Å². The van der Waals surface area contributed by atoms with Crippen LogP contribution in [0.5, 0.6) is 0 Å².